The minimum atomic E-state index is -4.62. The van der Waals surface area contributed by atoms with Crippen LogP contribution in [0.2, 0.25) is 0 Å². The molecule has 2 N–H and O–H groups in total. The molecule has 5 rings (SSSR count). The van der Waals surface area contributed by atoms with Crippen molar-refractivity contribution in [2.45, 2.75) is 51.4 Å². The average molecular weight is 535 g/mol. The summed E-state index contributed by atoms with van der Waals surface area (Å²) in [5.74, 6) is 0. The maximum absolute atomic E-state index is 13.9. The van der Waals surface area contributed by atoms with E-state index in [1.807, 2.05) is 0 Å². The third kappa shape index (κ3) is 4.27. The minimum absolute atomic E-state index is 0.000841. The van der Waals surface area contributed by atoms with E-state index in [4.69, 9.17) is 12.3 Å². The van der Waals surface area contributed by atoms with Crippen LogP contribution in [0.25, 0.3) is 27.5 Å². The van der Waals surface area contributed by atoms with Gasteiger partial charge in [-0.2, -0.15) is 18.3 Å². The van der Waals surface area contributed by atoms with Gasteiger partial charge in [0.2, 0.25) is 0 Å². The van der Waals surface area contributed by atoms with Gasteiger partial charge >= 0.3 is 11.9 Å². The molecule has 0 unspecified atom stereocenters. The normalized spacial score (nSPS) is 14.6. The van der Waals surface area contributed by atoms with E-state index in [1.54, 1.807) is 42.1 Å². The first kappa shape index (κ1) is 26.2. The molecule has 2 aromatic carbocycles. The van der Waals surface area contributed by atoms with Gasteiger partial charge in [0, 0.05) is 23.3 Å². The molecule has 8 nitrogen and oxygen atoms in total. The second-order valence-corrected chi connectivity index (χ2v) is 9.63. The lowest BCUT2D eigenvalue weighted by Crippen LogP contribution is -2.45. The largest absolute Gasteiger partial charge is 0.416 e. The first-order valence-corrected chi connectivity index (χ1v) is 12.4. The van der Waals surface area contributed by atoms with Gasteiger partial charge in [-0.05, 0) is 63.4 Å². The smallest absolute Gasteiger partial charge is 0.321 e. The Labute approximate surface area is 221 Å². The van der Waals surface area contributed by atoms with Crippen molar-refractivity contribution in [2.24, 2.45) is 5.73 Å². The molecule has 0 saturated heterocycles. The van der Waals surface area contributed by atoms with Crippen molar-refractivity contribution in [3.63, 3.8) is 0 Å². The fourth-order valence-electron chi connectivity index (χ4n) is 5.07. The Balaban J connectivity index is 1.86. The third-order valence-corrected chi connectivity index (χ3v) is 7.34. The number of nitrogens with zero attached hydrogens (tertiary/aromatic N) is 5. The summed E-state index contributed by atoms with van der Waals surface area (Å²) in [5.41, 5.74) is 5.95. The molecule has 2 aromatic heterocycles. The Morgan fingerprint density at radius 2 is 1.79 bits per heavy atom. The SMILES string of the molecule is [C-]#[N+]c1ccc(-n2ncc(C3(N)CCC3)c2-c2c(C)n(-c3cccc(C(F)(F)F)c3)c(=O)n(CC)c2=O)cc1. The van der Waals surface area contributed by atoms with Crippen molar-refractivity contribution < 1.29 is 13.2 Å². The first-order chi connectivity index (χ1) is 18.5. The fourth-order valence-corrected chi connectivity index (χ4v) is 5.07. The highest BCUT2D eigenvalue weighted by molar-refractivity contribution is 5.70. The van der Waals surface area contributed by atoms with Crippen LogP contribution in [0.4, 0.5) is 18.9 Å². The number of nitrogens with two attached hydrogens (primary N) is 1. The van der Waals surface area contributed by atoms with E-state index >= 15 is 0 Å². The summed E-state index contributed by atoms with van der Waals surface area (Å²) in [6.07, 6.45) is -0.794. The van der Waals surface area contributed by atoms with Gasteiger partial charge < -0.3 is 5.73 Å². The molecule has 39 heavy (non-hydrogen) atoms. The average Bonchev–Trinajstić information content (AvgIpc) is 3.32. The molecule has 1 aliphatic carbocycles. The molecular weight excluding hydrogens is 509 g/mol. The van der Waals surface area contributed by atoms with E-state index in [0.717, 1.165) is 27.7 Å². The number of aromatic nitrogens is 4. The Morgan fingerprint density at radius 1 is 1.10 bits per heavy atom. The van der Waals surface area contributed by atoms with E-state index in [9.17, 15) is 22.8 Å². The molecule has 1 aliphatic rings. The molecule has 11 heteroatoms. The summed E-state index contributed by atoms with van der Waals surface area (Å²) in [4.78, 5) is 30.7. The molecule has 0 amide bonds. The number of hydrogen-bond acceptors (Lipinski definition) is 4. The maximum Gasteiger partial charge on any atom is 0.416 e. The quantitative estimate of drug-likeness (QED) is 0.361. The second kappa shape index (κ2) is 9.39. The standard InChI is InChI=1S/C28H25F3N6O2/c1-4-35-25(38)23(17(2)36(26(35)39)21-8-5-7-18(15-21)28(29,30)31)24-22(27(32)13-6-14-27)16-34-37(24)20-11-9-19(33-3)10-12-20/h5,7-12,15-16H,4,6,13-14,32H2,1-2H3. The van der Waals surface area contributed by atoms with Gasteiger partial charge in [0.25, 0.3) is 5.56 Å². The molecule has 1 saturated carbocycles. The van der Waals surface area contributed by atoms with Gasteiger partial charge in [0.15, 0.2) is 5.69 Å². The monoisotopic (exact) mass is 534 g/mol. The van der Waals surface area contributed by atoms with Crippen molar-refractivity contribution in [3.05, 3.63) is 104 Å². The van der Waals surface area contributed by atoms with E-state index in [-0.39, 0.29) is 23.5 Å². The van der Waals surface area contributed by atoms with Crippen molar-refractivity contribution in [1.29, 1.82) is 0 Å². The molecule has 0 bridgehead atoms. The number of halogens is 3. The van der Waals surface area contributed by atoms with E-state index < -0.39 is 28.5 Å². The van der Waals surface area contributed by atoms with Crippen molar-refractivity contribution in [1.82, 2.24) is 18.9 Å². The predicted octanol–water partition coefficient (Wildman–Crippen LogP) is 5.09. The molecule has 0 radical (unpaired) electrons. The maximum atomic E-state index is 13.9. The van der Waals surface area contributed by atoms with Crippen molar-refractivity contribution in [2.75, 3.05) is 0 Å². The van der Waals surface area contributed by atoms with Crippen molar-refractivity contribution >= 4 is 5.69 Å². The van der Waals surface area contributed by atoms with Crippen LogP contribution in [-0.4, -0.2) is 18.9 Å². The summed E-state index contributed by atoms with van der Waals surface area (Å²) < 4.78 is 44.3. The zero-order valence-corrected chi connectivity index (χ0v) is 21.3. The molecule has 1 fully saturated rings. The minimum Gasteiger partial charge on any atom is -0.321 e. The molecule has 0 aliphatic heterocycles. The molecule has 2 heterocycles. The van der Waals surface area contributed by atoms with Gasteiger partial charge in [-0.15, -0.1) is 0 Å². The number of alkyl halides is 3. The van der Waals surface area contributed by atoms with Crippen LogP contribution >= 0.6 is 0 Å². The highest BCUT2D eigenvalue weighted by Gasteiger charge is 2.40. The van der Waals surface area contributed by atoms with Crippen LogP contribution in [-0.2, 0) is 18.3 Å². The Morgan fingerprint density at radius 3 is 2.36 bits per heavy atom. The van der Waals surface area contributed by atoms with Crippen LogP contribution in [0.1, 0.15) is 43.0 Å². The molecule has 0 spiro atoms. The van der Waals surface area contributed by atoms with E-state index in [1.165, 1.54) is 19.1 Å². The highest BCUT2D eigenvalue weighted by Crippen LogP contribution is 2.43. The van der Waals surface area contributed by atoms with Crippen LogP contribution in [0.15, 0.2) is 64.3 Å². The summed E-state index contributed by atoms with van der Waals surface area (Å²) in [7, 11) is 0. The summed E-state index contributed by atoms with van der Waals surface area (Å²) in [6.45, 7) is 10.4. The lowest BCUT2D eigenvalue weighted by Gasteiger charge is -2.38. The molecule has 4 aromatic rings. The van der Waals surface area contributed by atoms with Crippen LogP contribution in [0.5, 0.6) is 0 Å². The topological polar surface area (TPSA) is 92.2 Å². The van der Waals surface area contributed by atoms with Crippen LogP contribution < -0.4 is 17.0 Å². The number of benzene rings is 2. The summed E-state index contributed by atoms with van der Waals surface area (Å²) in [6, 6.07) is 11.1. The Kier molecular flexibility index (Phi) is 6.31. The van der Waals surface area contributed by atoms with Gasteiger partial charge in [-0.1, -0.05) is 18.2 Å². The van der Waals surface area contributed by atoms with Gasteiger partial charge in [0.05, 0.1) is 41.0 Å². The molecule has 200 valence electrons. The fraction of sp³-hybridized carbons (Fsp3) is 0.286. The van der Waals surface area contributed by atoms with Gasteiger partial charge in [-0.25, -0.2) is 14.3 Å². The summed E-state index contributed by atoms with van der Waals surface area (Å²) >= 11 is 0. The van der Waals surface area contributed by atoms with Crippen LogP contribution in [0.3, 0.4) is 0 Å². The molecule has 0 atom stereocenters. The number of rotatable bonds is 5. The van der Waals surface area contributed by atoms with Crippen molar-refractivity contribution in [3.8, 4) is 22.6 Å². The van der Waals surface area contributed by atoms with E-state index in [2.05, 4.69) is 9.94 Å². The van der Waals surface area contributed by atoms with E-state index in [0.29, 0.717) is 35.5 Å². The zero-order chi connectivity index (χ0) is 28.1. The third-order valence-electron chi connectivity index (χ3n) is 7.34. The van der Waals surface area contributed by atoms with Gasteiger partial charge in [0.1, 0.15) is 0 Å². The number of hydrogen-bond donors (Lipinski definition) is 1. The lowest BCUT2D eigenvalue weighted by molar-refractivity contribution is -0.137. The molecular formula is C28H25F3N6O2. The second-order valence-electron chi connectivity index (χ2n) is 9.63. The van der Waals surface area contributed by atoms with Gasteiger partial charge in [-0.3, -0.25) is 13.9 Å². The predicted molar refractivity (Wildman–Crippen MR) is 140 cm³/mol. The lowest BCUT2D eigenvalue weighted by atomic mass is 9.72. The Hall–Kier alpha value is -4.43. The first-order valence-electron chi connectivity index (χ1n) is 12.4. The summed E-state index contributed by atoms with van der Waals surface area (Å²) in [5, 5.41) is 4.55. The highest BCUT2D eigenvalue weighted by atomic mass is 19.4. The van der Waals surface area contributed by atoms with Crippen LogP contribution in [0, 0.1) is 13.5 Å². The zero-order valence-electron chi connectivity index (χ0n) is 21.3. The Bertz CT molecular complexity index is 1740.